The summed E-state index contributed by atoms with van der Waals surface area (Å²) in [5.74, 6) is 0.477. The van der Waals surface area contributed by atoms with E-state index in [9.17, 15) is 9.59 Å². The van der Waals surface area contributed by atoms with Crippen LogP contribution in [0.2, 0.25) is 0 Å². The van der Waals surface area contributed by atoms with Gasteiger partial charge in [-0.15, -0.1) is 0 Å². The number of imidazole rings is 1. The quantitative estimate of drug-likeness (QED) is 0.721. The van der Waals surface area contributed by atoms with Gasteiger partial charge in [0.25, 0.3) is 0 Å². The highest BCUT2D eigenvalue weighted by molar-refractivity contribution is 5.92. The largest absolute Gasteiger partial charge is 0.497 e. The van der Waals surface area contributed by atoms with E-state index in [1.807, 2.05) is 31.2 Å². The summed E-state index contributed by atoms with van der Waals surface area (Å²) in [5.41, 5.74) is 8.98. The molecule has 1 aromatic heterocycles. The predicted molar refractivity (Wildman–Crippen MR) is 93.6 cm³/mol. The molecule has 0 unspecified atom stereocenters. The lowest BCUT2D eigenvalue weighted by Crippen LogP contribution is -2.24. The third kappa shape index (κ3) is 2.90. The van der Waals surface area contributed by atoms with Crippen LogP contribution in [-0.2, 0) is 6.42 Å². The number of hydrogen-bond donors (Lipinski definition) is 2. The highest BCUT2D eigenvalue weighted by Crippen LogP contribution is 2.20. The first-order chi connectivity index (χ1) is 11.5. The number of aromatic nitrogens is 2. The van der Waals surface area contributed by atoms with Gasteiger partial charge in [0.1, 0.15) is 5.75 Å². The summed E-state index contributed by atoms with van der Waals surface area (Å²) in [5, 5.41) is 0. The van der Waals surface area contributed by atoms with Gasteiger partial charge in [0.05, 0.1) is 18.1 Å². The Hall–Kier alpha value is -3.02. The number of methoxy groups -OCH3 is 1. The second-order valence-corrected chi connectivity index (χ2v) is 5.74. The zero-order chi connectivity index (χ0) is 17.3. The number of nitrogens with zero attached hydrogens (tertiary/aromatic N) is 1. The lowest BCUT2D eigenvalue weighted by molar-refractivity contribution is 0.0904. The SMILES string of the molecule is COc1cccc(CCC(=O)n2c(=O)[nH]c3cc(C)c(N)cc32)c1. The van der Waals surface area contributed by atoms with Gasteiger partial charge < -0.3 is 15.5 Å². The highest BCUT2D eigenvalue weighted by Gasteiger charge is 2.15. The number of nitrogen functional groups attached to an aromatic ring is 1. The maximum absolute atomic E-state index is 12.5. The number of fused-ring (bicyclic) bond motifs is 1. The Balaban J connectivity index is 1.87. The maximum atomic E-state index is 12.5. The van der Waals surface area contributed by atoms with Crippen molar-refractivity contribution in [3.8, 4) is 5.75 Å². The second kappa shape index (κ2) is 6.23. The van der Waals surface area contributed by atoms with E-state index in [1.54, 1.807) is 19.2 Å². The second-order valence-electron chi connectivity index (χ2n) is 5.74. The molecule has 0 amide bonds. The molecule has 6 nitrogen and oxygen atoms in total. The van der Waals surface area contributed by atoms with E-state index < -0.39 is 5.69 Å². The fraction of sp³-hybridized carbons (Fsp3) is 0.222. The van der Waals surface area contributed by atoms with Crippen LogP contribution in [-0.4, -0.2) is 22.6 Å². The van der Waals surface area contributed by atoms with Crippen LogP contribution < -0.4 is 16.2 Å². The van der Waals surface area contributed by atoms with E-state index in [1.165, 1.54) is 0 Å². The molecule has 0 aliphatic rings. The van der Waals surface area contributed by atoms with Crippen molar-refractivity contribution in [3.63, 3.8) is 0 Å². The smallest absolute Gasteiger partial charge is 0.333 e. The number of nitrogens with one attached hydrogen (secondary N) is 1. The van der Waals surface area contributed by atoms with E-state index >= 15 is 0 Å². The summed E-state index contributed by atoms with van der Waals surface area (Å²) in [6, 6.07) is 11.0. The number of ether oxygens (including phenoxy) is 1. The molecule has 0 radical (unpaired) electrons. The Bertz CT molecular complexity index is 969. The molecular weight excluding hydrogens is 306 g/mol. The van der Waals surface area contributed by atoms with Crippen LogP contribution in [0.1, 0.15) is 22.3 Å². The van der Waals surface area contributed by atoms with Crippen molar-refractivity contribution in [2.45, 2.75) is 19.8 Å². The lowest BCUT2D eigenvalue weighted by Gasteiger charge is -2.06. The van der Waals surface area contributed by atoms with Gasteiger partial charge in [-0.05, 0) is 48.7 Å². The van der Waals surface area contributed by atoms with Gasteiger partial charge in [0.2, 0.25) is 5.91 Å². The number of aryl methyl sites for hydroxylation is 2. The first-order valence-corrected chi connectivity index (χ1v) is 7.66. The molecule has 124 valence electrons. The third-order valence-corrected chi connectivity index (χ3v) is 4.08. The van der Waals surface area contributed by atoms with E-state index in [0.29, 0.717) is 23.1 Å². The molecule has 2 aromatic carbocycles. The molecule has 3 rings (SSSR count). The van der Waals surface area contributed by atoms with Gasteiger partial charge in [-0.2, -0.15) is 0 Å². The van der Waals surface area contributed by atoms with Gasteiger partial charge in [-0.3, -0.25) is 4.79 Å². The van der Waals surface area contributed by atoms with Crippen LogP contribution in [0, 0.1) is 6.92 Å². The van der Waals surface area contributed by atoms with E-state index in [-0.39, 0.29) is 12.3 Å². The van der Waals surface area contributed by atoms with Gasteiger partial charge in [0.15, 0.2) is 0 Å². The maximum Gasteiger partial charge on any atom is 0.333 e. The minimum Gasteiger partial charge on any atom is -0.497 e. The van der Waals surface area contributed by atoms with E-state index in [4.69, 9.17) is 10.5 Å². The fourth-order valence-electron chi connectivity index (χ4n) is 2.72. The molecule has 0 aliphatic carbocycles. The van der Waals surface area contributed by atoms with Crippen molar-refractivity contribution in [1.29, 1.82) is 0 Å². The first-order valence-electron chi connectivity index (χ1n) is 7.66. The van der Waals surface area contributed by atoms with Crippen molar-refractivity contribution < 1.29 is 9.53 Å². The molecule has 0 saturated carbocycles. The van der Waals surface area contributed by atoms with Gasteiger partial charge in [0, 0.05) is 12.1 Å². The van der Waals surface area contributed by atoms with Crippen LogP contribution in [0.15, 0.2) is 41.2 Å². The zero-order valence-electron chi connectivity index (χ0n) is 13.6. The molecule has 3 aromatic rings. The van der Waals surface area contributed by atoms with Crippen LogP contribution in [0.4, 0.5) is 5.69 Å². The van der Waals surface area contributed by atoms with Crippen molar-refractivity contribution in [3.05, 3.63) is 58.0 Å². The number of rotatable bonds is 4. The molecule has 6 heteroatoms. The Morgan fingerprint density at radius 3 is 2.83 bits per heavy atom. The van der Waals surface area contributed by atoms with Crippen molar-refractivity contribution in [2.24, 2.45) is 0 Å². The molecule has 0 aliphatic heterocycles. The summed E-state index contributed by atoms with van der Waals surface area (Å²) < 4.78 is 6.33. The lowest BCUT2D eigenvalue weighted by atomic mass is 10.1. The molecular formula is C18H19N3O3. The number of benzene rings is 2. The standard InChI is InChI=1S/C18H19N3O3/c1-11-8-15-16(10-14(11)19)21(18(23)20-15)17(22)7-6-12-4-3-5-13(9-12)24-2/h3-5,8-10H,6-7,19H2,1-2H3,(H,20,23). The number of carbonyl (C=O) groups is 1. The molecule has 3 N–H and O–H groups in total. The highest BCUT2D eigenvalue weighted by atomic mass is 16.5. The number of hydrogen-bond acceptors (Lipinski definition) is 4. The van der Waals surface area contributed by atoms with E-state index in [0.717, 1.165) is 21.4 Å². The third-order valence-electron chi connectivity index (χ3n) is 4.08. The molecule has 0 fully saturated rings. The number of nitrogens with two attached hydrogens (primary N) is 1. The topological polar surface area (TPSA) is 90.1 Å². The van der Waals surface area contributed by atoms with Gasteiger partial charge in [-0.1, -0.05) is 12.1 Å². The van der Waals surface area contributed by atoms with Crippen LogP contribution >= 0.6 is 0 Å². The Morgan fingerprint density at radius 2 is 2.08 bits per heavy atom. The van der Waals surface area contributed by atoms with Crippen molar-refractivity contribution in [2.75, 3.05) is 12.8 Å². The average Bonchev–Trinajstić information content (AvgIpc) is 2.88. The Morgan fingerprint density at radius 1 is 1.29 bits per heavy atom. The van der Waals surface area contributed by atoms with Crippen molar-refractivity contribution in [1.82, 2.24) is 9.55 Å². The first kappa shape index (κ1) is 15.9. The summed E-state index contributed by atoms with van der Waals surface area (Å²) in [7, 11) is 1.60. The number of aromatic amines is 1. The Kier molecular flexibility index (Phi) is 4.12. The van der Waals surface area contributed by atoms with Crippen LogP contribution in [0.25, 0.3) is 11.0 Å². The molecule has 0 spiro atoms. The molecule has 1 heterocycles. The minimum atomic E-state index is -0.439. The number of anilines is 1. The number of H-pyrrole nitrogens is 1. The van der Waals surface area contributed by atoms with Gasteiger partial charge in [-0.25, -0.2) is 9.36 Å². The number of carbonyl (C=O) groups excluding carboxylic acids is 1. The van der Waals surface area contributed by atoms with Crippen LogP contribution in [0.3, 0.4) is 0 Å². The summed E-state index contributed by atoms with van der Waals surface area (Å²) in [6.07, 6.45) is 0.740. The molecule has 24 heavy (non-hydrogen) atoms. The normalized spacial score (nSPS) is 10.9. The fourth-order valence-corrected chi connectivity index (χ4v) is 2.72. The summed E-state index contributed by atoms with van der Waals surface area (Å²) in [4.78, 5) is 27.4. The van der Waals surface area contributed by atoms with Crippen molar-refractivity contribution >= 4 is 22.6 Å². The van der Waals surface area contributed by atoms with Gasteiger partial charge >= 0.3 is 5.69 Å². The molecule has 0 bridgehead atoms. The molecule has 0 saturated heterocycles. The van der Waals surface area contributed by atoms with E-state index in [2.05, 4.69) is 4.98 Å². The summed E-state index contributed by atoms with van der Waals surface area (Å²) in [6.45, 7) is 1.86. The Labute approximate surface area is 138 Å². The van der Waals surface area contributed by atoms with Crippen LogP contribution in [0.5, 0.6) is 5.75 Å². The molecule has 0 atom stereocenters. The zero-order valence-corrected chi connectivity index (χ0v) is 13.6. The monoisotopic (exact) mass is 325 g/mol. The average molecular weight is 325 g/mol. The minimum absolute atomic E-state index is 0.216. The summed E-state index contributed by atoms with van der Waals surface area (Å²) >= 11 is 0. The predicted octanol–water partition coefficient (Wildman–Crippen LogP) is 2.50.